The molecule has 0 heterocycles. The van der Waals surface area contributed by atoms with Crippen LogP contribution in [0.25, 0.3) is 0 Å². The summed E-state index contributed by atoms with van der Waals surface area (Å²) in [6.45, 7) is 7.02. The molecule has 0 amide bonds. The molecular weight excluding hydrogens is 272 g/mol. The Morgan fingerprint density at radius 3 is 2.64 bits per heavy atom. The Bertz CT molecular complexity index is 536. The van der Waals surface area contributed by atoms with E-state index in [1.54, 1.807) is 5.57 Å². The molecule has 0 aromatic rings. The standard InChI is InChI=1S/C20H30O2/c1-12-6-8-19(2)13(10-12)4-5-14-15(19)7-9-20(3)16(14)11-17(21)18(20)22/h4,12,14-17,21H,5-11H2,1-3H3/t12-,14+,15-,16-,17?,19-,20-/m0/s1. The van der Waals surface area contributed by atoms with E-state index in [4.69, 9.17) is 0 Å². The molecule has 2 heteroatoms. The average Bonchev–Trinajstić information content (AvgIpc) is 2.72. The van der Waals surface area contributed by atoms with Crippen molar-refractivity contribution >= 4 is 5.78 Å². The van der Waals surface area contributed by atoms with Gasteiger partial charge in [-0.25, -0.2) is 0 Å². The molecule has 0 aromatic carbocycles. The molecule has 0 bridgehead atoms. The summed E-state index contributed by atoms with van der Waals surface area (Å²) in [4.78, 5) is 12.5. The van der Waals surface area contributed by atoms with Crippen molar-refractivity contribution in [3.05, 3.63) is 11.6 Å². The summed E-state index contributed by atoms with van der Waals surface area (Å²) < 4.78 is 0. The summed E-state index contributed by atoms with van der Waals surface area (Å²) in [5, 5.41) is 10.2. The van der Waals surface area contributed by atoms with Crippen LogP contribution in [-0.4, -0.2) is 17.0 Å². The number of hydrogen-bond donors (Lipinski definition) is 1. The van der Waals surface area contributed by atoms with Crippen LogP contribution in [0.15, 0.2) is 11.6 Å². The molecule has 0 spiro atoms. The Morgan fingerprint density at radius 2 is 1.86 bits per heavy atom. The van der Waals surface area contributed by atoms with Crippen LogP contribution >= 0.6 is 0 Å². The third kappa shape index (κ3) is 1.79. The van der Waals surface area contributed by atoms with Gasteiger partial charge >= 0.3 is 0 Å². The van der Waals surface area contributed by atoms with Crippen molar-refractivity contribution in [2.75, 3.05) is 0 Å². The number of aliphatic hydroxyl groups is 1. The zero-order valence-corrected chi connectivity index (χ0v) is 14.3. The smallest absolute Gasteiger partial charge is 0.167 e. The van der Waals surface area contributed by atoms with E-state index in [0.29, 0.717) is 23.7 Å². The minimum absolute atomic E-state index is 0.133. The van der Waals surface area contributed by atoms with Crippen LogP contribution < -0.4 is 0 Å². The molecule has 7 atom stereocenters. The quantitative estimate of drug-likeness (QED) is 0.683. The highest BCUT2D eigenvalue weighted by atomic mass is 16.3. The van der Waals surface area contributed by atoms with Crippen molar-refractivity contribution in [1.29, 1.82) is 0 Å². The molecule has 0 radical (unpaired) electrons. The summed E-state index contributed by atoms with van der Waals surface area (Å²) in [5.74, 6) is 2.72. The van der Waals surface area contributed by atoms with Crippen LogP contribution in [0.3, 0.4) is 0 Å². The molecule has 0 saturated heterocycles. The predicted octanol–water partition coefficient (Wildman–Crippen LogP) is 4.13. The van der Waals surface area contributed by atoms with Crippen LogP contribution in [0.1, 0.15) is 65.7 Å². The molecule has 122 valence electrons. The number of hydrogen-bond acceptors (Lipinski definition) is 2. The van der Waals surface area contributed by atoms with E-state index in [1.807, 2.05) is 0 Å². The van der Waals surface area contributed by atoms with Crippen molar-refractivity contribution in [3.8, 4) is 0 Å². The van der Waals surface area contributed by atoms with E-state index < -0.39 is 6.10 Å². The van der Waals surface area contributed by atoms with E-state index in [2.05, 4.69) is 26.8 Å². The number of carbonyl (C=O) groups excluding carboxylic acids is 1. The van der Waals surface area contributed by atoms with Gasteiger partial charge in [0.25, 0.3) is 0 Å². The number of aliphatic hydroxyl groups excluding tert-OH is 1. The molecule has 1 N–H and O–H groups in total. The van der Waals surface area contributed by atoms with Gasteiger partial charge in [-0.1, -0.05) is 32.4 Å². The summed E-state index contributed by atoms with van der Waals surface area (Å²) in [5.41, 5.74) is 1.83. The van der Waals surface area contributed by atoms with Crippen molar-refractivity contribution in [2.45, 2.75) is 71.8 Å². The number of rotatable bonds is 0. The molecule has 3 saturated carbocycles. The summed E-state index contributed by atoms with van der Waals surface area (Å²) in [6.07, 6.45) is 9.81. The monoisotopic (exact) mass is 302 g/mol. The average molecular weight is 302 g/mol. The van der Waals surface area contributed by atoms with Gasteiger partial charge in [-0.2, -0.15) is 0 Å². The summed E-state index contributed by atoms with van der Waals surface area (Å²) in [7, 11) is 0. The minimum Gasteiger partial charge on any atom is -0.385 e. The molecule has 4 rings (SSSR count). The molecule has 2 nitrogen and oxygen atoms in total. The van der Waals surface area contributed by atoms with Gasteiger partial charge in [-0.05, 0) is 74.0 Å². The Balaban J connectivity index is 1.70. The van der Waals surface area contributed by atoms with Crippen molar-refractivity contribution < 1.29 is 9.90 Å². The summed E-state index contributed by atoms with van der Waals surface area (Å²) >= 11 is 0. The van der Waals surface area contributed by atoms with E-state index in [1.165, 1.54) is 25.7 Å². The first-order valence-electron chi connectivity index (χ1n) is 9.28. The van der Waals surface area contributed by atoms with Gasteiger partial charge in [0.2, 0.25) is 0 Å². The van der Waals surface area contributed by atoms with E-state index in [9.17, 15) is 9.90 Å². The second kappa shape index (κ2) is 4.69. The Kier molecular flexibility index (Phi) is 3.18. The van der Waals surface area contributed by atoms with Gasteiger partial charge in [0.15, 0.2) is 5.78 Å². The zero-order valence-electron chi connectivity index (χ0n) is 14.3. The molecule has 3 fully saturated rings. The first kappa shape index (κ1) is 14.9. The maximum absolute atomic E-state index is 12.5. The molecule has 4 aliphatic rings. The fraction of sp³-hybridized carbons (Fsp3) is 0.850. The highest BCUT2D eigenvalue weighted by Gasteiger charge is 2.60. The van der Waals surface area contributed by atoms with Gasteiger partial charge in [0.05, 0.1) is 0 Å². The van der Waals surface area contributed by atoms with E-state index >= 15 is 0 Å². The second-order valence-corrected chi connectivity index (χ2v) is 9.18. The van der Waals surface area contributed by atoms with Gasteiger partial charge in [-0.3, -0.25) is 4.79 Å². The van der Waals surface area contributed by atoms with Crippen LogP contribution in [0.4, 0.5) is 0 Å². The molecular formula is C20H30O2. The topological polar surface area (TPSA) is 37.3 Å². The Hall–Kier alpha value is -0.630. The lowest BCUT2D eigenvalue weighted by atomic mass is 9.47. The van der Waals surface area contributed by atoms with E-state index in [-0.39, 0.29) is 11.2 Å². The molecule has 1 unspecified atom stereocenters. The molecule has 22 heavy (non-hydrogen) atoms. The fourth-order valence-corrected chi connectivity index (χ4v) is 6.63. The highest BCUT2D eigenvalue weighted by molar-refractivity contribution is 5.91. The lowest BCUT2D eigenvalue weighted by molar-refractivity contribution is -0.136. The number of Topliss-reactive ketones (excluding diaryl/α,β-unsaturated/α-hetero) is 1. The lowest BCUT2D eigenvalue weighted by Gasteiger charge is -2.56. The minimum atomic E-state index is -0.696. The van der Waals surface area contributed by atoms with Gasteiger partial charge in [0, 0.05) is 5.41 Å². The maximum atomic E-state index is 12.5. The number of carbonyl (C=O) groups is 1. The number of ketones is 1. The largest absolute Gasteiger partial charge is 0.385 e. The normalized spacial score (nSPS) is 54.3. The SMILES string of the molecule is C[C@H]1CC[C@@]2(C)C(=CC[C@@H]3[C@@H]2CC[C@]2(C)C(=O)C(O)C[C@@H]32)C1. The highest BCUT2D eigenvalue weighted by Crippen LogP contribution is 2.64. The van der Waals surface area contributed by atoms with Crippen molar-refractivity contribution in [1.82, 2.24) is 0 Å². The Labute approximate surface area is 134 Å². The van der Waals surface area contributed by atoms with Crippen LogP contribution in [0.5, 0.6) is 0 Å². The van der Waals surface area contributed by atoms with Crippen LogP contribution in [0.2, 0.25) is 0 Å². The fourth-order valence-electron chi connectivity index (χ4n) is 6.63. The van der Waals surface area contributed by atoms with Crippen molar-refractivity contribution in [3.63, 3.8) is 0 Å². The van der Waals surface area contributed by atoms with Crippen LogP contribution in [-0.2, 0) is 4.79 Å². The third-order valence-corrected chi connectivity index (χ3v) is 8.08. The van der Waals surface area contributed by atoms with Gasteiger partial charge < -0.3 is 5.11 Å². The summed E-state index contributed by atoms with van der Waals surface area (Å²) in [6, 6.07) is 0. The number of fused-ring (bicyclic) bond motifs is 5. The second-order valence-electron chi connectivity index (χ2n) is 9.18. The van der Waals surface area contributed by atoms with Crippen LogP contribution in [0, 0.1) is 34.5 Å². The zero-order chi connectivity index (χ0) is 15.7. The maximum Gasteiger partial charge on any atom is 0.167 e. The third-order valence-electron chi connectivity index (χ3n) is 8.08. The van der Waals surface area contributed by atoms with Crippen molar-refractivity contribution in [2.24, 2.45) is 34.5 Å². The molecule has 4 aliphatic carbocycles. The first-order chi connectivity index (χ1) is 10.4. The van der Waals surface area contributed by atoms with Gasteiger partial charge in [-0.15, -0.1) is 0 Å². The lowest BCUT2D eigenvalue weighted by Crippen LogP contribution is -2.50. The Morgan fingerprint density at radius 1 is 1.14 bits per heavy atom. The number of allylic oxidation sites excluding steroid dienone is 2. The van der Waals surface area contributed by atoms with Gasteiger partial charge in [0.1, 0.15) is 6.10 Å². The predicted molar refractivity (Wildman–Crippen MR) is 87.3 cm³/mol. The van der Waals surface area contributed by atoms with E-state index in [0.717, 1.165) is 24.7 Å². The first-order valence-corrected chi connectivity index (χ1v) is 9.28. The molecule has 0 aliphatic heterocycles. The molecule has 0 aromatic heterocycles.